The summed E-state index contributed by atoms with van der Waals surface area (Å²) in [6, 6.07) is 11.1. The van der Waals surface area contributed by atoms with Gasteiger partial charge in [0, 0.05) is 31.4 Å². The minimum absolute atomic E-state index is 0.00366. The van der Waals surface area contributed by atoms with E-state index in [2.05, 4.69) is 11.4 Å². The van der Waals surface area contributed by atoms with Gasteiger partial charge in [0.05, 0.1) is 16.5 Å². The third kappa shape index (κ3) is 4.31. The van der Waals surface area contributed by atoms with Crippen molar-refractivity contribution in [1.82, 2.24) is 4.31 Å². The van der Waals surface area contributed by atoms with Gasteiger partial charge in [0.2, 0.25) is 15.9 Å². The second-order valence-electron chi connectivity index (χ2n) is 9.54. The van der Waals surface area contributed by atoms with Crippen molar-refractivity contribution in [1.29, 1.82) is 0 Å². The van der Waals surface area contributed by atoms with Crippen LogP contribution >= 0.6 is 0 Å². The molecule has 0 spiro atoms. The Morgan fingerprint density at radius 3 is 2.77 bits per heavy atom. The van der Waals surface area contributed by atoms with Crippen LogP contribution < -0.4 is 15.0 Å². The number of benzene rings is 2. The molecule has 3 aliphatic heterocycles. The van der Waals surface area contributed by atoms with E-state index in [1.807, 2.05) is 30.0 Å². The molecule has 0 bridgehead atoms. The van der Waals surface area contributed by atoms with Crippen LogP contribution in [0.25, 0.3) is 0 Å². The first-order valence-electron chi connectivity index (χ1n) is 12.3. The van der Waals surface area contributed by atoms with E-state index in [0.29, 0.717) is 49.4 Å². The first-order valence-corrected chi connectivity index (χ1v) is 13.7. The van der Waals surface area contributed by atoms with Crippen LogP contribution in [0.2, 0.25) is 0 Å². The SMILES string of the molecule is CC[C@@H]1Oc2cc(S(=O)(=O)N3CCC[C@@H](C(=O)N4CCCc5ccccc54)C3)c(C)cc2NC1=O. The number of hydrogen-bond acceptors (Lipinski definition) is 5. The van der Waals surface area contributed by atoms with Crippen molar-refractivity contribution in [3.8, 4) is 5.75 Å². The number of sulfonamides is 1. The average Bonchev–Trinajstić information content (AvgIpc) is 2.87. The second kappa shape index (κ2) is 9.28. The van der Waals surface area contributed by atoms with Crippen molar-refractivity contribution >= 4 is 33.2 Å². The number of anilines is 2. The molecule has 0 aliphatic carbocycles. The molecule has 35 heavy (non-hydrogen) atoms. The van der Waals surface area contributed by atoms with Gasteiger partial charge in [0.15, 0.2) is 6.10 Å². The molecule has 1 fully saturated rings. The maximum atomic E-state index is 13.7. The summed E-state index contributed by atoms with van der Waals surface area (Å²) in [7, 11) is -3.85. The average molecular weight is 498 g/mol. The zero-order valence-electron chi connectivity index (χ0n) is 20.1. The van der Waals surface area contributed by atoms with Crippen molar-refractivity contribution < 1.29 is 22.7 Å². The van der Waals surface area contributed by atoms with E-state index < -0.39 is 16.1 Å². The Labute approximate surface area is 206 Å². The molecule has 1 N–H and O–H groups in total. The Balaban J connectivity index is 1.39. The van der Waals surface area contributed by atoms with Gasteiger partial charge in [-0.2, -0.15) is 4.31 Å². The number of amides is 2. The Kier molecular flexibility index (Phi) is 6.31. The molecular weight excluding hydrogens is 466 g/mol. The second-order valence-corrected chi connectivity index (χ2v) is 11.4. The fourth-order valence-electron chi connectivity index (χ4n) is 5.32. The van der Waals surface area contributed by atoms with Crippen LogP contribution in [0, 0.1) is 12.8 Å². The summed E-state index contributed by atoms with van der Waals surface area (Å²) >= 11 is 0. The van der Waals surface area contributed by atoms with Crippen LogP contribution in [0.1, 0.15) is 43.7 Å². The topological polar surface area (TPSA) is 96.0 Å². The maximum Gasteiger partial charge on any atom is 0.265 e. The first kappa shape index (κ1) is 23.8. The van der Waals surface area contributed by atoms with Crippen LogP contribution in [-0.4, -0.2) is 50.3 Å². The number of fused-ring (bicyclic) bond motifs is 2. The molecule has 2 aromatic rings. The minimum Gasteiger partial charge on any atom is -0.478 e. The molecule has 3 aliphatic rings. The molecule has 2 atom stereocenters. The molecule has 3 heterocycles. The number of para-hydroxylation sites is 1. The molecule has 5 rings (SSSR count). The van der Waals surface area contributed by atoms with Crippen LogP contribution in [0.4, 0.5) is 11.4 Å². The molecule has 2 amide bonds. The summed E-state index contributed by atoms with van der Waals surface area (Å²) in [5.74, 6) is -0.263. The zero-order valence-corrected chi connectivity index (χ0v) is 20.9. The molecule has 0 saturated carbocycles. The lowest BCUT2D eigenvalue weighted by atomic mass is 9.95. The maximum absolute atomic E-state index is 13.7. The van der Waals surface area contributed by atoms with E-state index in [-0.39, 0.29) is 29.2 Å². The number of rotatable bonds is 4. The molecule has 2 aromatic carbocycles. The molecule has 9 heteroatoms. The van der Waals surface area contributed by atoms with Gasteiger partial charge in [-0.15, -0.1) is 0 Å². The van der Waals surface area contributed by atoms with Gasteiger partial charge in [-0.1, -0.05) is 25.1 Å². The predicted octanol–water partition coefficient (Wildman–Crippen LogP) is 3.48. The van der Waals surface area contributed by atoms with E-state index in [4.69, 9.17) is 4.74 Å². The molecule has 8 nitrogen and oxygen atoms in total. The van der Waals surface area contributed by atoms with Crippen molar-refractivity contribution in [3.05, 3.63) is 47.5 Å². The lowest BCUT2D eigenvalue weighted by Gasteiger charge is -2.36. The number of ether oxygens (including phenoxy) is 1. The molecular formula is C26H31N3O5S. The van der Waals surface area contributed by atoms with Gasteiger partial charge in [0.25, 0.3) is 5.91 Å². The van der Waals surface area contributed by atoms with E-state index in [1.165, 1.54) is 10.4 Å². The smallest absolute Gasteiger partial charge is 0.265 e. The highest BCUT2D eigenvalue weighted by Crippen LogP contribution is 2.37. The van der Waals surface area contributed by atoms with Gasteiger partial charge in [-0.25, -0.2) is 8.42 Å². The third-order valence-corrected chi connectivity index (χ3v) is 9.20. The number of piperidine rings is 1. The summed E-state index contributed by atoms with van der Waals surface area (Å²) in [5, 5.41) is 2.80. The monoisotopic (exact) mass is 497 g/mol. The standard InChI is InChI=1S/C26H31N3O5S/c1-3-22-25(30)27-20-14-17(2)24(15-23(20)34-22)35(32,33)28-12-6-10-19(16-28)26(31)29-13-7-9-18-8-4-5-11-21(18)29/h4-5,8,11,14-15,19,22H,3,6-7,9-10,12-13,16H2,1-2H3,(H,27,30)/t19-,22+/m1/s1. The van der Waals surface area contributed by atoms with Crippen molar-refractivity contribution in [2.75, 3.05) is 29.9 Å². The third-order valence-electron chi connectivity index (χ3n) is 7.19. The number of nitrogens with one attached hydrogen (secondary N) is 1. The summed E-state index contributed by atoms with van der Waals surface area (Å²) in [6.45, 7) is 4.74. The molecule has 0 radical (unpaired) electrons. The Hall–Kier alpha value is -2.91. The van der Waals surface area contributed by atoms with Crippen molar-refractivity contribution in [2.45, 2.75) is 57.0 Å². The van der Waals surface area contributed by atoms with Crippen molar-refractivity contribution in [3.63, 3.8) is 0 Å². The van der Waals surface area contributed by atoms with Gasteiger partial charge < -0.3 is 15.0 Å². The Bertz CT molecular complexity index is 1280. The number of aryl methyl sites for hydroxylation is 2. The van der Waals surface area contributed by atoms with Crippen LogP contribution in [0.5, 0.6) is 5.75 Å². The largest absolute Gasteiger partial charge is 0.478 e. The normalized spacial score (nSPS) is 22.6. The molecule has 0 aromatic heterocycles. The van der Waals surface area contributed by atoms with Crippen molar-refractivity contribution in [2.24, 2.45) is 5.92 Å². The lowest BCUT2D eigenvalue weighted by molar-refractivity contribution is -0.124. The fourth-order valence-corrected chi connectivity index (χ4v) is 7.06. The van der Waals surface area contributed by atoms with Gasteiger partial charge in [-0.3, -0.25) is 9.59 Å². The van der Waals surface area contributed by atoms with Gasteiger partial charge in [-0.05, 0) is 62.3 Å². The predicted molar refractivity (Wildman–Crippen MR) is 133 cm³/mol. The van der Waals surface area contributed by atoms with E-state index in [1.54, 1.807) is 13.0 Å². The van der Waals surface area contributed by atoms with Crippen LogP contribution in [0.15, 0.2) is 41.3 Å². The molecule has 186 valence electrons. The molecule has 0 unspecified atom stereocenters. The first-order chi connectivity index (χ1) is 16.8. The lowest BCUT2D eigenvalue weighted by Crippen LogP contribution is -2.48. The summed E-state index contributed by atoms with van der Waals surface area (Å²) in [5.41, 5.74) is 3.11. The van der Waals surface area contributed by atoms with Crippen LogP contribution in [0.3, 0.4) is 0 Å². The minimum atomic E-state index is -3.85. The van der Waals surface area contributed by atoms with E-state index in [9.17, 15) is 18.0 Å². The Morgan fingerprint density at radius 1 is 1.17 bits per heavy atom. The number of nitrogens with zero attached hydrogens (tertiary/aromatic N) is 2. The Morgan fingerprint density at radius 2 is 1.97 bits per heavy atom. The number of hydrogen-bond donors (Lipinski definition) is 1. The quantitative estimate of drug-likeness (QED) is 0.698. The summed E-state index contributed by atoms with van der Waals surface area (Å²) < 4.78 is 34.6. The zero-order chi connectivity index (χ0) is 24.7. The highest BCUT2D eigenvalue weighted by Gasteiger charge is 2.38. The highest BCUT2D eigenvalue weighted by molar-refractivity contribution is 7.89. The highest BCUT2D eigenvalue weighted by atomic mass is 32.2. The van der Waals surface area contributed by atoms with Crippen LogP contribution in [-0.2, 0) is 26.0 Å². The molecule has 1 saturated heterocycles. The van der Waals surface area contributed by atoms with E-state index >= 15 is 0 Å². The van der Waals surface area contributed by atoms with E-state index in [0.717, 1.165) is 24.1 Å². The fraction of sp³-hybridized carbons (Fsp3) is 0.462. The van der Waals surface area contributed by atoms with Gasteiger partial charge >= 0.3 is 0 Å². The van der Waals surface area contributed by atoms with Gasteiger partial charge in [0.1, 0.15) is 5.75 Å². The number of carbonyl (C=O) groups is 2. The number of carbonyl (C=O) groups excluding carboxylic acids is 2. The summed E-state index contributed by atoms with van der Waals surface area (Å²) in [4.78, 5) is 27.7. The summed E-state index contributed by atoms with van der Waals surface area (Å²) in [6.07, 6.45) is 2.98.